The summed E-state index contributed by atoms with van der Waals surface area (Å²) in [6.07, 6.45) is 7.18. The van der Waals surface area contributed by atoms with Crippen LogP contribution in [0, 0.1) is 5.82 Å². The average Bonchev–Trinajstić information content (AvgIpc) is 4.04. The van der Waals surface area contributed by atoms with E-state index >= 15 is 4.39 Å². The van der Waals surface area contributed by atoms with Crippen LogP contribution in [0.1, 0.15) is 64.6 Å². The minimum Gasteiger partial charge on any atom is -0.371 e. The molecule has 0 bridgehead atoms. The molecule has 4 aliphatic rings. The zero-order valence-corrected chi connectivity index (χ0v) is 32.3. The second-order valence-electron chi connectivity index (χ2n) is 15.1. The minimum atomic E-state index is -1.04. The number of nitrogens with one attached hydrogen (secondary N) is 2. The Bertz CT molecular complexity index is 2360. The van der Waals surface area contributed by atoms with Gasteiger partial charge in [-0.25, -0.2) is 19.2 Å². The monoisotopic (exact) mass is 787 g/mol. The first kappa shape index (κ1) is 36.7. The standard InChI is InChI=1S/C42H42FN9O4S/c1-48(23-27-5-2-3-6-34(27)51-19-14-36(53)46-42(51)56)29-12-17-49(18-13-29)30-10-8-26(9-11-30)28-21-31-32(33(43)22-28)24-52(40(31)55)38(39(54)47-41-44-15-20-57-41)37-35-7-4-16-50(35)25-45-37/h2-3,5-6,8-11,15,20-22,25,29,38H,4,7,12-14,16-19,23-24H2,1H3,(H,44,47,54)(H,46,53,56). The van der Waals surface area contributed by atoms with Gasteiger partial charge < -0.3 is 14.4 Å². The number of nitrogens with zero attached hydrogens (tertiary/aromatic N) is 7. The van der Waals surface area contributed by atoms with Gasteiger partial charge in [-0.1, -0.05) is 30.3 Å². The maximum absolute atomic E-state index is 15.9. The zero-order chi connectivity index (χ0) is 39.2. The van der Waals surface area contributed by atoms with E-state index in [-0.39, 0.29) is 36.0 Å². The van der Waals surface area contributed by atoms with Crippen molar-refractivity contribution in [3.63, 3.8) is 0 Å². The topological polar surface area (TPSA) is 136 Å². The summed E-state index contributed by atoms with van der Waals surface area (Å²) in [6, 6.07) is 18.0. The number of hydrogen-bond acceptors (Lipinski definition) is 9. The number of anilines is 3. The number of hydrogen-bond donors (Lipinski definition) is 2. The third kappa shape index (κ3) is 7.05. The molecule has 0 spiro atoms. The van der Waals surface area contributed by atoms with Gasteiger partial charge in [-0.15, -0.1) is 11.3 Å². The number of rotatable bonds is 10. The Labute approximate surface area is 333 Å². The van der Waals surface area contributed by atoms with Crippen LogP contribution in [-0.2, 0) is 35.6 Å². The number of carbonyl (C=O) groups is 4. The second kappa shape index (κ2) is 15.2. The molecule has 6 heterocycles. The van der Waals surface area contributed by atoms with Gasteiger partial charge in [0.25, 0.3) is 11.8 Å². The molecular weight excluding hydrogens is 746 g/mol. The van der Waals surface area contributed by atoms with E-state index in [4.69, 9.17) is 0 Å². The Kier molecular flexibility index (Phi) is 9.78. The minimum absolute atomic E-state index is 0.0448. The highest BCUT2D eigenvalue weighted by Gasteiger charge is 2.42. The summed E-state index contributed by atoms with van der Waals surface area (Å²) in [7, 11) is 2.12. The maximum Gasteiger partial charge on any atom is 0.328 e. The van der Waals surface area contributed by atoms with Crippen LogP contribution in [0.4, 0.5) is 25.7 Å². The number of imidazole rings is 1. The van der Waals surface area contributed by atoms with Crippen molar-refractivity contribution in [2.24, 2.45) is 0 Å². The molecule has 13 nitrogen and oxygen atoms in total. The summed E-state index contributed by atoms with van der Waals surface area (Å²) >= 11 is 1.28. The van der Waals surface area contributed by atoms with Gasteiger partial charge in [-0.05, 0) is 79.8 Å². The highest BCUT2D eigenvalue weighted by atomic mass is 32.1. The Morgan fingerprint density at radius 3 is 2.58 bits per heavy atom. The molecule has 5 amide bonds. The van der Waals surface area contributed by atoms with Crippen molar-refractivity contribution in [2.75, 3.05) is 41.8 Å². The maximum atomic E-state index is 15.9. The molecule has 0 radical (unpaired) electrons. The van der Waals surface area contributed by atoms with Gasteiger partial charge in [-0.2, -0.15) is 0 Å². The molecule has 15 heteroatoms. The van der Waals surface area contributed by atoms with Gasteiger partial charge in [0.05, 0.1) is 18.6 Å². The van der Waals surface area contributed by atoms with Gasteiger partial charge in [0, 0.05) is 85.0 Å². The summed E-state index contributed by atoms with van der Waals surface area (Å²) in [6.45, 7) is 3.52. The number of fused-ring (bicyclic) bond motifs is 2. The van der Waals surface area contributed by atoms with E-state index in [9.17, 15) is 19.2 Å². The highest BCUT2D eigenvalue weighted by Crippen LogP contribution is 2.38. The van der Waals surface area contributed by atoms with Crippen molar-refractivity contribution in [3.8, 4) is 11.1 Å². The predicted octanol–water partition coefficient (Wildman–Crippen LogP) is 5.97. The molecule has 1 unspecified atom stereocenters. The number of amides is 5. The summed E-state index contributed by atoms with van der Waals surface area (Å²) in [5.74, 6) is -1.58. The normalized spacial score (nSPS) is 17.6. The largest absolute Gasteiger partial charge is 0.371 e. The van der Waals surface area contributed by atoms with Crippen LogP contribution in [0.15, 0.2) is 78.6 Å². The SMILES string of the molecule is CN(Cc1ccccc1N1CCC(=O)NC1=O)C1CCN(c2ccc(-c3cc(F)c4c(c3)C(=O)N(C(C(=O)Nc3nccs3)c3ncn5c3CCC5)C4)cc2)CC1. The van der Waals surface area contributed by atoms with Gasteiger partial charge in [-0.3, -0.25) is 34.8 Å². The molecule has 9 rings (SSSR count). The molecule has 0 saturated carbocycles. The van der Waals surface area contributed by atoms with Gasteiger partial charge in [0.1, 0.15) is 5.82 Å². The Balaban J connectivity index is 0.868. The van der Waals surface area contributed by atoms with Gasteiger partial charge in [0.15, 0.2) is 11.2 Å². The number of piperidine rings is 1. The van der Waals surface area contributed by atoms with Crippen LogP contribution >= 0.6 is 11.3 Å². The van der Waals surface area contributed by atoms with Crippen LogP contribution in [0.5, 0.6) is 0 Å². The van der Waals surface area contributed by atoms with E-state index in [0.29, 0.717) is 35.5 Å². The Morgan fingerprint density at radius 2 is 1.81 bits per heavy atom. The Hall–Kier alpha value is -5.93. The van der Waals surface area contributed by atoms with Gasteiger partial charge in [0.2, 0.25) is 5.91 Å². The van der Waals surface area contributed by atoms with Crippen molar-refractivity contribution in [1.82, 2.24) is 29.7 Å². The van der Waals surface area contributed by atoms with E-state index < -0.39 is 23.7 Å². The third-order valence-electron chi connectivity index (χ3n) is 11.7. The molecule has 2 aromatic heterocycles. The summed E-state index contributed by atoms with van der Waals surface area (Å²) < 4.78 is 17.9. The fourth-order valence-corrected chi connectivity index (χ4v) is 9.23. The molecule has 3 aromatic carbocycles. The van der Waals surface area contributed by atoms with Crippen molar-refractivity contribution in [2.45, 2.75) is 63.8 Å². The molecule has 2 fully saturated rings. The lowest BCUT2D eigenvalue weighted by molar-refractivity contribution is -0.121. The zero-order valence-electron chi connectivity index (χ0n) is 31.5. The van der Waals surface area contributed by atoms with Crippen molar-refractivity contribution in [1.29, 1.82) is 0 Å². The second-order valence-corrected chi connectivity index (χ2v) is 16.0. The molecule has 0 aliphatic carbocycles. The van der Waals surface area contributed by atoms with Crippen LogP contribution in [-0.4, -0.2) is 80.8 Å². The van der Waals surface area contributed by atoms with Crippen molar-refractivity contribution in [3.05, 3.63) is 112 Å². The van der Waals surface area contributed by atoms with Crippen LogP contribution < -0.4 is 20.4 Å². The number of aromatic nitrogens is 3. The lowest BCUT2D eigenvalue weighted by Gasteiger charge is -2.38. The predicted molar refractivity (Wildman–Crippen MR) is 214 cm³/mol. The van der Waals surface area contributed by atoms with Crippen LogP contribution in [0.3, 0.4) is 0 Å². The van der Waals surface area contributed by atoms with E-state index in [1.807, 2.05) is 53.1 Å². The molecule has 2 N–H and O–H groups in total. The lowest BCUT2D eigenvalue weighted by atomic mass is 9.98. The number of halogens is 1. The molecule has 57 heavy (non-hydrogen) atoms. The van der Waals surface area contributed by atoms with Crippen LogP contribution in [0.25, 0.3) is 11.1 Å². The fourth-order valence-electron chi connectivity index (χ4n) is 8.69. The van der Waals surface area contributed by atoms with Crippen molar-refractivity contribution >= 4 is 51.6 Å². The average molecular weight is 788 g/mol. The van der Waals surface area contributed by atoms with E-state index in [2.05, 4.69) is 37.4 Å². The first-order valence-corrected chi connectivity index (χ1v) is 20.2. The fraction of sp³-hybridized carbons (Fsp3) is 0.333. The number of imide groups is 1. The van der Waals surface area contributed by atoms with Crippen molar-refractivity contribution < 1.29 is 23.6 Å². The van der Waals surface area contributed by atoms with Crippen LogP contribution in [0.2, 0.25) is 0 Å². The van der Waals surface area contributed by atoms with Gasteiger partial charge >= 0.3 is 6.03 Å². The molecule has 2 saturated heterocycles. The third-order valence-corrected chi connectivity index (χ3v) is 12.4. The number of benzene rings is 3. The first-order chi connectivity index (χ1) is 27.7. The smallest absolute Gasteiger partial charge is 0.328 e. The Morgan fingerprint density at radius 1 is 1.00 bits per heavy atom. The molecular formula is C42H42FN9O4S. The molecule has 5 aromatic rings. The summed E-state index contributed by atoms with van der Waals surface area (Å²) in [5.41, 5.74) is 6.27. The number of urea groups is 1. The number of aryl methyl sites for hydroxylation is 1. The van der Waals surface area contributed by atoms with E-state index in [0.717, 1.165) is 73.5 Å². The number of para-hydroxylation sites is 1. The molecule has 4 aliphatic heterocycles. The summed E-state index contributed by atoms with van der Waals surface area (Å²) in [4.78, 5) is 68.8. The first-order valence-electron chi connectivity index (χ1n) is 19.3. The molecule has 292 valence electrons. The van der Waals surface area contributed by atoms with E-state index in [1.165, 1.54) is 22.3 Å². The quantitative estimate of drug-likeness (QED) is 0.177. The summed E-state index contributed by atoms with van der Waals surface area (Å²) in [5, 5.41) is 7.45. The number of thiazole rings is 1. The molecule has 1 atom stereocenters. The number of carbonyl (C=O) groups excluding carboxylic acids is 4. The van der Waals surface area contributed by atoms with E-state index in [1.54, 1.807) is 28.9 Å². The highest BCUT2D eigenvalue weighted by molar-refractivity contribution is 7.13. The lowest BCUT2D eigenvalue weighted by Crippen LogP contribution is -2.50.